The van der Waals surface area contributed by atoms with E-state index in [2.05, 4.69) is 9.97 Å². The first-order valence-electron chi connectivity index (χ1n) is 8.90. The maximum absolute atomic E-state index is 12.9. The van der Waals surface area contributed by atoms with Crippen LogP contribution in [0.15, 0.2) is 42.6 Å². The lowest BCUT2D eigenvalue weighted by molar-refractivity contribution is 0.111. The molecule has 0 saturated carbocycles. The number of pyridine rings is 2. The number of rotatable bonds is 2. The second kappa shape index (κ2) is 10.5. The Labute approximate surface area is 178 Å². The zero-order valence-corrected chi connectivity index (χ0v) is 16.1. The lowest BCUT2D eigenvalue weighted by Crippen LogP contribution is -1.91. The molecule has 31 heavy (non-hydrogen) atoms. The number of hydrogen-bond donors (Lipinski definition) is 0. The van der Waals surface area contributed by atoms with Crippen molar-refractivity contribution in [3.63, 3.8) is 0 Å². The highest BCUT2D eigenvalue weighted by atomic mass is 35.5. The van der Waals surface area contributed by atoms with Gasteiger partial charge in [0.2, 0.25) is 0 Å². The summed E-state index contributed by atoms with van der Waals surface area (Å²) in [5, 5.41) is 0.720. The normalized spacial score (nSPS) is 10.5. The molecule has 0 aliphatic heterocycles. The predicted molar refractivity (Wildman–Crippen MR) is 106 cm³/mol. The van der Waals surface area contributed by atoms with Crippen LogP contribution in [0.1, 0.15) is 22.1 Å². The van der Waals surface area contributed by atoms with Crippen molar-refractivity contribution in [2.24, 2.45) is 0 Å². The molecule has 0 radical (unpaired) electrons. The SMILES string of the molecule is O=Cc1cc2cc(F)c(F)cc2nc1Cl.O=Cc1cnc2cc(F)c(F)cc2c1.[2H]CF. The number of aldehydes is 2. The summed E-state index contributed by atoms with van der Waals surface area (Å²) >= 11 is 5.64. The summed E-state index contributed by atoms with van der Waals surface area (Å²) in [5.74, 6) is -3.86. The molecule has 0 aliphatic rings. The molecule has 0 bridgehead atoms. The third-order valence-electron chi connectivity index (χ3n) is 3.84. The minimum Gasteiger partial charge on any atom is -0.298 e. The molecule has 4 nitrogen and oxygen atoms in total. The lowest BCUT2D eigenvalue weighted by Gasteiger charge is -2.01. The monoisotopic (exact) mass is 455 g/mol. The standard InChI is InChI=1S/C10H4ClF2NO.C10H5F2NO.CH3F/c11-10-6(4-15)1-5-2-7(12)8(13)3-9(5)14-10;11-8-2-7-1-6(5-14)4-13-10(7)3-9(8)12;1-2/h1-4H;1-5H;1H3/i;;1D. The smallest absolute Gasteiger partial charge is 0.161 e. The third kappa shape index (κ3) is 5.58. The Morgan fingerprint density at radius 3 is 1.90 bits per heavy atom. The number of alkyl halides is 1. The van der Waals surface area contributed by atoms with Crippen LogP contribution in [0.4, 0.5) is 22.0 Å². The van der Waals surface area contributed by atoms with Crippen LogP contribution < -0.4 is 0 Å². The average molecular weight is 456 g/mol. The van der Waals surface area contributed by atoms with Gasteiger partial charge in [-0.15, -0.1) is 0 Å². The molecule has 2 aromatic heterocycles. The number of halogens is 6. The third-order valence-corrected chi connectivity index (χ3v) is 4.15. The van der Waals surface area contributed by atoms with Gasteiger partial charge in [-0.3, -0.25) is 19.0 Å². The summed E-state index contributed by atoms with van der Waals surface area (Å²) in [6.07, 6.45) is 2.43. The van der Waals surface area contributed by atoms with E-state index in [0.29, 0.717) is 34.4 Å². The van der Waals surface area contributed by atoms with Crippen LogP contribution in [-0.2, 0) is 0 Å². The first-order chi connectivity index (χ1) is 15.2. The van der Waals surface area contributed by atoms with Crippen LogP contribution >= 0.6 is 11.6 Å². The van der Waals surface area contributed by atoms with Crippen LogP contribution in [-0.4, -0.2) is 29.7 Å². The zero-order chi connectivity index (χ0) is 23.8. The molecule has 2 heterocycles. The maximum atomic E-state index is 12.9. The van der Waals surface area contributed by atoms with Gasteiger partial charge in [0.05, 0.1) is 25.1 Å². The van der Waals surface area contributed by atoms with Gasteiger partial charge in [-0.25, -0.2) is 22.5 Å². The minimum atomic E-state index is -1.00. The van der Waals surface area contributed by atoms with Gasteiger partial charge in [0, 0.05) is 34.7 Å². The topological polar surface area (TPSA) is 59.9 Å². The molecule has 0 fully saturated rings. The molecule has 0 atom stereocenters. The summed E-state index contributed by atoms with van der Waals surface area (Å²) in [5.41, 5.74) is 1.03. The number of aromatic nitrogens is 2. The largest absolute Gasteiger partial charge is 0.298 e. The van der Waals surface area contributed by atoms with Gasteiger partial charge in [0.25, 0.3) is 0 Å². The molecule has 4 rings (SSSR count). The second-order valence-corrected chi connectivity index (χ2v) is 6.15. The van der Waals surface area contributed by atoms with Crippen LogP contribution in [0.5, 0.6) is 0 Å². The van der Waals surface area contributed by atoms with Gasteiger partial charge >= 0.3 is 0 Å². The van der Waals surface area contributed by atoms with Crippen molar-refractivity contribution in [3.8, 4) is 0 Å². The van der Waals surface area contributed by atoms with Crippen molar-refractivity contribution >= 4 is 46.0 Å². The molecule has 160 valence electrons. The van der Waals surface area contributed by atoms with Crippen LogP contribution in [0, 0.1) is 23.3 Å². The molecule has 0 N–H and O–H groups in total. The van der Waals surface area contributed by atoms with E-state index in [9.17, 15) is 31.5 Å². The highest BCUT2D eigenvalue weighted by Crippen LogP contribution is 2.22. The number of fused-ring (bicyclic) bond motifs is 2. The molecular weight excluding hydrogens is 443 g/mol. The molecule has 0 spiro atoms. The number of nitrogens with zero attached hydrogens (tertiary/aromatic N) is 2. The van der Waals surface area contributed by atoms with Crippen LogP contribution in [0.3, 0.4) is 0 Å². The summed E-state index contributed by atoms with van der Waals surface area (Å²) < 4.78 is 66.7. The van der Waals surface area contributed by atoms with Gasteiger partial charge in [0.1, 0.15) is 5.15 Å². The number of carbonyl (C=O) groups excluding carboxylic acids is 2. The Morgan fingerprint density at radius 2 is 1.35 bits per heavy atom. The van der Waals surface area contributed by atoms with Gasteiger partial charge in [-0.2, -0.15) is 0 Å². The van der Waals surface area contributed by atoms with Crippen molar-refractivity contribution in [1.82, 2.24) is 9.97 Å². The van der Waals surface area contributed by atoms with Gasteiger partial charge < -0.3 is 0 Å². The molecule has 0 saturated heterocycles. The minimum absolute atomic E-state index is 0.0245. The van der Waals surface area contributed by atoms with E-state index in [4.69, 9.17) is 13.0 Å². The molecule has 10 heteroatoms. The fourth-order valence-electron chi connectivity index (χ4n) is 2.45. The van der Waals surface area contributed by atoms with Crippen molar-refractivity contribution < 1.29 is 32.9 Å². The van der Waals surface area contributed by atoms with Crippen molar-refractivity contribution in [1.29, 1.82) is 0 Å². The van der Waals surface area contributed by atoms with Gasteiger partial charge in [-0.05, 0) is 24.3 Å². The molecule has 2 aromatic carbocycles. The molecule has 4 aromatic rings. The second-order valence-electron chi connectivity index (χ2n) is 5.79. The molecule has 0 unspecified atom stereocenters. The van der Waals surface area contributed by atoms with Gasteiger partial charge in [0.15, 0.2) is 35.8 Å². The van der Waals surface area contributed by atoms with Gasteiger partial charge in [-0.1, -0.05) is 11.6 Å². The molecule has 0 aliphatic carbocycles. The first-order valence-corrected chi connectivity index (χ1v) is 8.57. The Kier molecular flexibility index (Phi) is 7.55. The van der Waals surface area contributed by atoms with E-state index in [0.717, 1.165) is 24.3 Å². The van der Waals surface area contributed by atoms with Crippen LogP contribution in [0.25, 0.3) is 21.8 Å². The van der Waals surface area contributed by atoms with E-state index in [-0.39, 0.29) is 16.2 Å². The fraction of sp³-hybridized carbons (Fsp3) is 0.0476. The first kappa shape index (κ1) is 22.2. The van der Waals surface area contributed by atoms with E-state index >= 15 is 0 Å². The van der Waals surface area contributed by atoms with Crippen molar-refractivity contribution in [3.05, 3.63) is 82.1 Å². The fourth-order valence-corrected chi connectivity index (χ4v) is 2.64. The summed E-state index contributed by atoms with van der Waals surface area (Å²) in [4.78, 5) is 28.5. The number of benzene rings is 2. The quantitative estimate of drug-likeness (QED) is 0.215. The van der Waals surface area contributed by atoms with E-state index in [1.54, 1.807) is 0 Å². The summed E-state index contributed by atoms with van der Waals surface area (Å²) in [7, 11) is -1.00. The maximum Gasteiger partial charge on any atom is 0.161 e. The highest BCUT2D eigenvalue weighted by Gasteiger charge is 2.08. The summed E-state index contributed by atoms with van der Waals surface area (Å²) in [6, 6.07) is 6.74. The average Bonchev–Trinajstić information content (AvgIpc) is 2.76. The Balaban J connectivity index is 0.000000203. The highest BCUT2D eigenvalue weighted by molar-refractivity contribution is 6.32. The molecular formula is C21H12ClF5N2O2. The van der Waals surface area contributed by atoms with Crippen molar-refractivity contribution in [2.45, 2.75) is 0 Å². The number of hydrogen-bond acceptors (Lipinski definition) is 4. The molecule has 0 amide bonds. The Bertz CT molecular complexity index is 1290. The zero-order valence-electron chi connectivity index (χ0n) is 16.4. The van der Waals surface area contributed by atoms with Crippen molar-refractivity contribution in [2.75, 3.05) is 7.15 Å². The Hall–Kier alpha value is -3.46. The van der Waals surface area contributed by atoms with E-state index in [1.807, 2.05) is 0 Å². The number of carbonyl (C=O) groups is 2. The summed E-state index contributed by atoms with van der Waals surface area (Å²) in [6.45, 7) is 0. The Morgan fingerprint density at radius 1 is 0.839 bits per heavy atom. The predicted octanol–water partition coefficient (Wildman–Crippen LogP) is 5.89. The van der Waals surface area contributed by atoms with E-state index < -0.39 is 30.4 Å². The van der Waals surface area contributed by atoms with Crippen LogP contribution in [0.2, 0.25) is 5.15 Å². The van der Waals surface area contributed by atoms with E-state index in [1.165, 1.54) is 18.3 Å². The lowest BCUT2D eigenvalue weighted by atomic mass is 10.1.